The highest BCUT2D eigenvalue weighted by Crippen LogP contribution is 2.38. The number of phosphoric acid groups is 1. The van der Waals surface area contributed by atoms with E-state index in [4.69, 9.17) is 18.5 Å². The Balaban J connectivity index is 4.11. The normalized spacial score (nSPS) is 14.0. The van der Waals surface area contributed by atoms with E-state index in [2.05, 4.69) is 160 Å². The Bertz CT molecular complexity index is 2030. The number of unbranched alkanes of at least 4 members (excludes halogenated alkanes) is 28. The summed E-state index contributed by atoms with van der Waals surface area (Å²) in [5.41, 5.74) is 0. The molecule has 0 aliphatic rings. The molecule has 0 aliphatic heterocycles. The van der Waals surface area contributed by atoms with Gasteiger partial charge in [-0.05, 0) is 122 Å². The van der Waals surface area contributed by atoms with Gasteiger partial charge in [0.2, 0.25) is 0 Å². The summed E-state index contributed by atoms with van der Waals surface area (Å²) in [6.07, 6.45) is 102. The Morgan fingerprint density at radius 2 is 0.633 bits per heavy atom. The fraction of sp³-hybridized carbons (Fsp3) is 0.675. The smallest absolute Gasteiger partial charge is 0.306 e. The highest BCUT2D eigenvalue weighted by Gasteiger charge is 2.22. The molecule has 0 bridgehead atoms. The van der Waals surface area contributed by atoms with Crippen LogP contribution in [-0.4, -0.2) is 70.0 Å². The lowest BCUT2D eigenvalue weighted by atomic mass is 10.0. The van der Waals surface area contributed by atoms with Gasteiger partial charge in [-0.3, -0.25) is 14.2 Å². The van der Waals surface area contributed by atoms with Crippen LogP contribution < -0.4 is 4.89 Å². The van der Waals surface area contributed by atoms with Crippen molar-refractivity contribution in [3.63, 3.8) is 0 Å². The second-order valence-electron chi connectivity index (χ2n) is 25.2. The molecule has 0 aromatic heterocycles. The summed E-state index contributed by atoms with van der Waals surface area (Å²) in [4.78, 5) is 38.1. The van der Waals surface area contributed by atoms with Crippen molar-refractivity contribution in [3.05, 3.63) is 146 Å². The molecule has 0 spiro atoms. The van der Waals surface area contributed by atoms with Crippen LogP contribution in [0.4, 0.5) is 0 Å². The first kappa shape index (κ1) is 85.9. The van der Waals surface area contributed by atoms with E-state index in [0.717, 1.165) is 122 Å². The maximum Gasteiger partial charge on any atom is 0.306 e. The number of phosphoric ester groups is 1. The van der Waals surface area contributed by atoms with Crippen LogP contribution in [0, 0.1) is 0 Å². The SMILES string of the molecule is CC/C=C\C/C=C\C/C=C\C/C=C\C/C=C\C/C=C\C/C=C\C/C=C\C/C=C\C/C=C\C/C=C\CCCCCCCCCC(=O)OC(COC(=O)CCCCCCCCCCCCCCC/C=C\CCCCCCCCCC)COP(=O)([O-])OCC[N+](C)(C)C. The van der Waals surface area contributed by atoms with Crippen LogP contribution in [0.1, 0.15) is 296 Å². The number of hydrogen-bond acceptors (Lipinski definition) is 8. The Labute approximate surface area is 554 Å². The van der Waals surface area contributed by atoms with Gasteiger partial charge in [-0.2, -0.15) is 0 Å². The van der Waals surface area contributed by atoms with Crippen molar-refractivity contribution in [1.29, 1.82) is 0 Å². The van der Waals surface area contributed by atoms with Gasteiger partial charge >= 0.3 is 11.9 Å². The molecule has 2 unspecified atom stereocenters. The molecular weight excluding hydrogens is 1130 g/mol. The molecule has 2 atom stereocenters. The lowest BCUT2D eigenvalue weighted by Crippen LogP contribution is -2.37. The summed E-state index contributed by atoms with van der Waals surface area (Å²) in [5.74, 6) is -0.847. The van der Waals surface area contributed by atoms with Crippen molar-refractivity contribution in [2.75, 3.05) is 47.5 Å². The number of quaternary nitrogens is 1. The number of carbonyl (C=O) groups is 2. The third-order valence-electron chi connectivity index (χ3n) is 15.3. The maximum absolute atomic E-state index is 12.9. The average molecular weight is 1270 g/mol. The average Bonchev–Trinajstić information content (AvgIpc) is 3.62. The summed E-state index contributed by atoms with van der Waals surface area (Å²) >= 11 is 0. The van der Waals surface area contributed by atoms with Gasteiger partial charge in [-0.15, -0.1) is 0 Å². The number of carbonyl (C=O) groups excluding carboxylic acids is 2. The molecule has 0 N–H and O–H groups in total. The van der Waals surface area contributed by atoms with Crippen LogP contribution in [-0.2, 0) is 32.7 Å². The monoisotopic (exact) mass is 1270 g/mol. The fourth-order valence-electron chi connectivity index (χ4n) is 9.78. The molecule has 0 radical (unpaired) electrons. The molecule has 90 heavy (non-hydrogen) atoms. The third-order valence-corrected chi connectivity index (χ3v) is 16.3. The topological polar surface area (TPSA) is 111 Å². The van der Waals surface area contributed by atoms with Crippen LogP contribution in [0.25, 0.3) is 0 Å². The highest BCUT2D eigenvalue weighted by atomic mass is 31.2. The van der Waals surface area contributed by atoms with E-state index in [1.807, 2.05) is 21.1 Å². The van der Waals surface area contributed by atoms with Crippen LogP contribution >= 0.6 is 7.82 Å². The van der Waals surface area contributed by atoms with Crippen molar-refractivity contribution in [3.8, 4) is 0 Å². The molecule has 0 saturated heterocycles. The van der Waals surface area contributed by atoms with Crippen LogP contribution in [0.2, 0.25) is 0 Å². The predicted octanol–water partition coefficient (Wildman–Crippen LogP) is 23.5. The van der Waals surface area contributed by atoms with Crippen molar-refractivity contribution in [1.82, 2.24) is 0 Å². The summed E-state index contributed by atoms with van der Waals surface area (Å²) in [6, 6.07) is 0. The first-order chi connectivity index (χ1) is 44.0. The summed E-state index contributed by atoms with van der Waals surface area (Å²) in [5, 5.41) is 0. The Morgan fingerprint density at radius 3 is 0.956 bits per heavy atom. The van der Waals surface area contributed by atoms with Gasteiger partial charge in [0.15, 0.2) is 6.10 Å². The minimum Gasteiger partial charge on any atom is -0.756 e. The van der Waals surface area contributed by atoms with E-state index in [1.54, 1.807) is 0 Å². The molecule has 9 nitrogen and oxygen atoms in total. The molecule has 10 heteroatoms. The van der Waals surface area contributed by atoms with Gasteiger partial charge in [0, 0.05) is 12.8 Å². The van der Waals surface area contributed by atoms with Gasteiger partial charge in [0.1, 0.15) is 19.8 Å². The van der Waals surface area contributed by atoms with Gasteiger partial charge in [-0.25, -0.2) is 0 Å². The van der Waals surface area contributed by atoms with Gasteiger partial charge in [0.05, 0.1) is 27.7 Å². The van der Waals surface area contributed by atoms with E-state index in [9.17, 15) is 19.0 Å². The molecule has 0 rings (SSSR count). The van der Waals surface area contributed by atoms with Crippen LogP contribution in [0.3, 0.4) is 0 Å². The van der Waals surface area contributed by atoms with E-state index >= 15 is 0 Å². The highest BCUT2D eigenvalue weighted by molar-refractivity contribution is 7.45. The van der Waals surface area contributed by atoms with Crippen molar-refractivity contribution >= 4 is 19.8 Å². The first-order valence-electron chi connectivity index (χ1n) is 36.5. The van der Waals surface area contributed by atoms with Crippen LogP contribution in [0.15, 0.2) is 146 Å². The van der Waals surface area contributed by atoms with E-state index in [-0.39, 0.29) is 32.0 Å². The quantitative estimate of drug-likeness (QED) is 0.0195. The number of nitrogens with zero attached hydrogens (tertiary/aromatic N) is 1. The molecule has 0 amide bonds. The molecule has 0 heterocycles. The largest absolute Gasteiger partial charge is 0.756 e. The molecule has 0 saturated carbocycles. The number of rotatable bonds is 66. The van der Waals surface area contributed by atoms with Crippen molar-refractivity contribution < 1.29 is 42.1 Å². The first-order valence-corrected chi connectivity index (χ1v) is 38.0. The Hall–Kier alpha value is -4.11. The van der Waals surface area contributed by atoms with Crippen LogP contribution in [0.5, 0.6) is 0 Å². The number of hydrogen-bond donors (Lipinski definition) is 0. The zero-order chi connectivity index (χ0) is 65.5. The molecule has 514 valence electrons. The minimum atomic E-state index is -4.65. The zero-order valence-electron chi connectivity index (χ0n) is 58.5. The number of esters is 2. The summed E-state index contributed by atoms with van der Waals surface area (Å²) in [7, 11) is 1.15. The second kappa shape index (κ2) is 69.2. The third kappa shape index (κ3) is 72.9. The number of likely N-dealkylation sites (N-methyl/N-ethyl adjacent to an activating group) is 1. The Kier molecular flexibility index (Phi) is 66.1. The molecule has 0 aliphatic carbocycles. The maximum atomic E-state index is 12.9. The lowest BCUT2D eigenvalue weighted by molar-refractivity contribution is -0.870. The molecular formula is C80H136NO8P. The van der Waals surface area contributed by atoms with Crippen molar-refractivity contribution in [2.45, 2.75) is 302 Å². The number of allylic oxidation sites excluding steroid dienone is 24. The van der Waals surface area contributed by atoms with Gasteiger partial charge < -0.3 is 27.9 Å². The van der Waals surface area contributed by atoms with E-state index in [0.29, 0.717) is 17.4 Å². The van der Waals surface area contributed by atoms with Gasteiger partial charge in [0.25, 0.3) is 7.82 Å². The fourth-order valence-corrected chi connectivity index (χ4v) is 10.5. The predicted molar refractivity (Wildman–Crippen MR) is 387 cm³/mol. The molecule has 0 aromatic carbocycles. The molecule has 0 fully saturated rings. The summed E-state index contributed by atoms with van der Waals surface area (Å²) < 4.78 is 34.3. The minimum absolute atomic E-state index is 0.0391. The van der Waals surface area contributed by atoms with Crippen molar-refractivity contribution in [2.24, 2.45) is 0 Å². The van der Waals surface area contributed by atoms with E-state index < -0.39 is 26.5 Å². The second-order valence-corrected chi connectivity index (χ2v) is 26.6. The number of ether oxygens (including phenoxy) is 2. The standard InChI is InChI=1S/C80H136NO8P/c1-6-8-10-12-14-16-18-20-22-24-26-28-30-32-33-34-35-36-37-38-39-40-41-42-43-44-45-46-47-49-51-53-55-57-59-61-63-65-67-69-71-73-80(83)89-78(77-88-90(84,85)87-75-74-81(3,4)5)76-86-79(82)72-70-68-66-64-62-60-58-56-54-52-50-48-31-29-27-25-23-21-19-17-15-13-11-9-7-2/h8,10,14,16,20,22,25-28,32-33,35-36,38-39,41-42,44-45,47,49,53,55,78H,6-7,9,11-13,15,17-19,21,23-24,29-31,34,37,40,43,46,48,50-52,54,56-77H2,1-5H3/b10-8-,16-14-,22-20-,27-25-,28-26-,33-32-,36-35-,39-38-,42-41-,45-44-,49-47-,55-53-. The summed E-state index contributed by atoms with van der Waals surface area (Å²) in [6.45, 7) is 4.13. The molecule has 0 aromatic rings. The Morgan fingerprint density at radius 1 is 0.356 bits per heavy atom. The lowest BCUT2D eigenvalue weighted by Gasteiger charge is -2.28. The zero-order valence-corrected chi connectivity index (χ0v) is 59.4. The van der Waals surface area contributed by atoms with E-state index in [1.165, 1.54) is 141 Å². The van der Waals surface area contributed by atoms with Gasteiger partial charge in [-0.1, -0.05) is 307 Å².